The van der Waals surface area contributed by atoms with Crippen LogP contribution in [0.3, 0.4) is 0 Å². The average molecular weight is 467 g/mol. The monoisotopic (exact) mass is 466 g/mol. The van der Waals surface area contributed by atoms with Crippen molar-refractivity contribution in [3.8, 4) is 11.4 Å². The van der Waals surface area contributed by atoms with Crippen LogP contribution in [-0.4, -0.2) is 34.5 Å². The lowest BCUT2D eigenvalue weighted by Crippen LogP contribution is -2.40. The maximum absolute atomic E-state index is 13.2. The fourth-order valence-corrected chi connectivity index (χ4v) is 5.42. The maximum Gasteiger partial charge on any atom is 0.214 e. The Morgan fingerprint density at radius 2 is 1.88 bits per heavy atom. The van der Waals surface area contributed by atoms with Crippen molar-refractivity contribution in [3.05, 3.63) is 84.6 Å². The highest BCUT2D eigenvalue weighted by Gasteiger charge is 2.38. The molecule has 1 aliphatic carbocycles. The van der Waals surface area contributed by atoms with Gasteiger partial charge in [-0.05, 0) is 55.7 Å². The van der Waals surface area contributed by atoms with Gasteiger partial charge >= 0.3 is 0 Å². The molecule has 2 heterocycles. The molecule has 7 nitrogen and oxygen atoms in total. The van der Waals surface area contributed by atoms with Crippen molar-refractivity contribution < 1.29 is 17.5 Å². The first-order valence-electron chi connectivity index (χ1n) is 10.7. The molecule has 0 radical (unpaired) electrons. The van der Waals surface area contributed by atoms with Crippen LogP contribution in [0.4, 0.5) is 4.39 Å². The van der Waals surface area contributed by atoms with Crippen molar-refractivity contribution in [1.82, 2.24) is 19.5 Å². The number of rotatable bonds is 8. The van der Waals surface area contributed by atoms with Gasteiger partial charge in [-0.25, -0.2) is 22.8 Å². The quantitative estimate of drug-likeness (QED) is 0.394. The number of pyridine rings is 1. The zero-order valence-electron chi connectivity index (χ0n) is 17.9. The molecule has 1 N–H and O–H groups in total. The molecule has 1 saturated carbocycles. The summed E-state index contributed by atoms with van der Waals surface area (Å²) in [6.45, 7) is 1.82. The summed E-state index contributed by atoms with van der Waals surface area (Å²) in [7, 11) is -3.37. The third-order valence-corrected chi connectivity index (χ3v) is 7.70. The lowest BCUT2D eigenvalue weighted by atomic mass is 10.0. The Kier molecular flexibility index (Phi) is 5.59. The van der Waals surface area contributed by atoms with Gasteiger partial charge in [-0.1, -0.05) is 30.3 Å². The summed E-state index contributed by atoms with van der Waals surface area (Å²) in [6.07, 6.45) is 3.99. The predicted molar refractivity (Wildman–Crippen MR) is 123 cm³/mol. The summed E-state index contributed by atoms with van der Waals surface area (Å²) in [5, 5.41) is 4.91. The van der Waals surface area contributed by atoms with Gasteiger partial charge in [0, 0.05) is 5.39 Å². The minimum Gasteiger partial charge on any atom is -0.484 e. The third kappa shape index (κ3) is 4.60. The molecular formula is C24H23FN4O3S. The molecule has 1 fully saturated rings. The molecular weight excluding hydrogens is 443 g/mol. The SMILES string of the molecule is C[C@H](NS(=O)(=O)C1CC1)[C@H](Oc1ccc2c(cnn2-c2ccc(F)nc2)c1)c1ccccc1. The van der Waals surface area contributed by atoms with Gasteiger partial charge in [0.15, 0.2) is 0 Å². The summed E-state index contributed by atoms with van der Waals surface area (Å²) in [4.78, 5) is 3.69. The Labute approximate surface area is 191 Å². The molecule has 0 saturated heterocycles. The van der Waals surface area contributed by atoms with E-state index < -0.39 is 28.1 Å². The lowest BCUT2D eigenvalue weighted by Gasteiger charge is -2.26. The van der Waals surface area contributed by atoms with Crippen molar-refractivity contribution >= 4 is 20.9 Å². The standard InChI is InChI=1S/C24H23FN4O3S/c1-16(28-33(30,31)21-9-10-21)24(17-5-3-2-4-6-17)32-20-8-11-22-18(13-20)14-27-29(22)19-7-12-23(25)26-15-19/h2-8,11-16,21,24,28H,9-10H2,1H3/t16-,24-/m0/s1. The normalized spacial score (nSPS) is 15.9. The van der Waals surface area contributed by atoms with Gasteiger partial charge in [0.2, 0.25) is 16.0 Å². The Hall–Kier alpha value is -3.30. The highest BCUT2D eigenvalue weighted by molar-refractivity contribution is 7.90. The molecule has 5 rings (SSSR count). The largest absolute Gasteiger partial charge is 0.484 e. The Bertz CT molecular complexity index is 1370. The van der Waals surface area contributed by atoms with Gasteiger partial charge in [-0.15, -0.1) is 0 Å². The number of hydrogen-bond donors (Lipinski definition) is 1. The summed E-state index contributed by atoms with van der Waals surface area (Å²) >= 11 is 0. The lowest BCUT2D eigenvalue weighted by molar-refractivity contribution is 0.173. The predicted octanol–water partition coefficient (Wildman–Crippen LogP) is 4.15. The van der Waals surface area contributed by atoms with Crippen LogP contribution in [0.1, 0.15) is 31.4 Å². The zero-order valence-corrected chi connectivity index (χ0v) is 18.7. The minimum absolute atomic E-state index is 0.306. The molecule has 0 aliphatic heterocycles. The van der Waals surface area contributed by atoms with Crippen LogP contribution >= 0.6 is 0 Å². The highest BCUT2D eigenvalue weighted by atomic mass is 32.2. The summed E-state index contributed by atoms with van der Waals surface area (Å²) < 4.78 is 49.0. The van der Waals surface area contributed by atoms with Gasteiger partial charge in [-0.3, -0.25) is 0 Å². The first kappa shape index (κ1) is 21.5. The Morgan fingerprint density at radius 3 is 2.58 bits per heavy atom. The van der Waals surface area contributed by atoms with Crippen LogP contribution < -0.4 is 9.46 Å². The third-order valence-electron chi connectivity index (χ3n) is 5.65. The van der Waals surface area contributed by atoms with Gasteiger partial charge in [0.25, 0.3) is 0 Å². The fraction of sp³-hybridized carbons (Fsp3) is 0.250. The van der Waals surface area contributed by atoms with Gasteiger partial charge in [0.1, 0.15) is 11.9 Å². The van der Waals surface area contributed by atoms with Gasteiger partial charge in [-0.2, -0.15) is 9.49 Å². The maximum atomic E-state index is 13.2. The molecule has 2 atom stereocenters. The molecule has 170 valence electrons. The van der Waals surface area contributed by atoms with Crippen molar-refractivity contribution in [2.45, 2.75) is 37.2 Å². The number of nitrogens with zero attached hydrogens (tertiary/aromatic N) is 3. The zero-order chi connectivity index (χ0) is 23.0. The number of nitrogens with one attached hydrogen (secondary N) is 1. The van der Waals surface area contributed by atoms with Crippen molar-refractivity contribution in [2.24, 2.45) is 0 Å². The molecule has 1 aliphatic rings. The van der Waals surface area contributed by atoms with E-state index in [1.807, 2.05) is 55.5 Å². The van der Waals surface area contributed by atoms with E-state index in [0.29, 0.717) is 24.3 Å². The van der Waals surface area contributed by atoms with E-state index in [-0.39, 0.29) is 5.25 Å². The number of benzene rings is 2. The molecule has 2 aromatic heterocycles. The smallest absolute Gasteiger partial charge is 0.214 e. The van der Waals surface area contributed by atoms with Gasteiger partial charge in [0.05, 0.1) is 34.9 Å². The number of fused-ring (bicyclic) bond motifs is 1. The van der Waals surface area contributed by atoms with Crippen molar-refractivity contribution in [2.75, 3.05) is 0 Å². The minimum atomic E-state index is -3.37. The van der Waals surface area contributed by atoms with Crippen LogP contribution in [0.2, 0.25) is 0 Å². The second kappa shape index (κ2) is 8.57. The number of halogens is 1. The van der Waals surface area contributed by atoms with E-state index in [1.165, 1.54) is 12.3 Å². The molecule has 0 amide bonds. The van der Waals surface area contributed by atoms with Gasteiger partial charge < -0.3 is 4.74 Å². The Morgan fingerprint density at radius 1 is 1.09 bits per heavy atom. The number of sulfonamides is 1. The second-order valence-electron chi connectivity index (χ2n) is 8.22. The molecule has 4 aromatic rings. The average Bonchev–Trinajstić information content (AvgIpc) is 3.60. The Balaban J connectivity index is 1.43. The van der Waals surface area contributed by atoms with Crippen LogP contribution in [0.15, 0.2) is 73.1 Å². The molecule has 2 aromatic carbocycles. The molecule has 0 spiro atoms. The van der Waals surface area contributed by atoms with E-state index in [9.17, 15) is 12.8 Å². The van der Waals surface area contributed by atoms with E-state index in [0.717, 1.165) is 16.5 Å². The first-order chi connectivity index (χ1) is 15.9. The molecule has 33 heavy (non-hydrogen) atoms. The topological polar surface area (TPSA) is 86.1 Å². The fourth-order valence-electron chi connectivity index (χ4n) is 3.83. The van der Waals surface area contributed by atoms with Crippen LogP contribution in [0, 0.1) is 5.95 Å². The van der Waals surface area contributed by atoms with E-state index in [2.05, 4.69) is 14.8 Å². The van der Waals surface area contributed by atoms with E-state index in [4.69, 9.17) is 4.74 Å². The number of aromatic nitrogens is 3. The highest BCUT2D eigenvalue weighted by Crippen LogP contribution is 2.31. The molecule has 9 heteroatoms. The van der Waals surface area contributed by atoms with Crippen LogP contribution in [-0.2, 0) is 10.0 Å². The van der Waals surface area contributed by atoms with E-state index in [1.54, 1.807) is 16.9 Å². The van der Waals surface area contributed by atoms with Crippen LogP contribution in [0.25, 0.3) is 16.6 Å². The van der Waals surface area contributed by atoms with Crippen molar-refractivity contribution in [3.63, 3.8) is 0 Å². The van der Waals surface area contributed by atoms with E-state index >= 15 is 0 Å². The molecule has 0 bridgehead atoms. The summed E-state index contributed by atoms with van der Waals surface area (Å²) in [6, 6.07) is 17.5. The summed E-state index contributed by atoms with van der Waals surface area (Å²) in [5.74, 6) is 0.0369. The number of hydrogen-bond acceptors (Lipinski definition) is 5. The molecule has 0 unspecified atom stereocenters. The summed E-state index contributed by atoms with van der Waals surface area (Å²) in [5.41, 5.74) is 2.33. The second-order valence-corrected chi connectivity index (χ2v) is 10.2. The first-order valence-corrected chi connectivity index (χ1v) is 12.3. The van der Waals surface area contributed by atoms with Crippen molar-refractivity contribution in [1.29, 1.82) is 0 Å². The van der Waals surface area contributed by atoms with Crippen LogP contribution in [0.5, 0.6) is 5.75 Å². The number of ether oxygens (including phenoxy) is 1.